The molecule has 7 heteroatoms. The van der Waals surface area contributed by atoms with Gasteiger partial charge in [-0.25, -0.2) is 9.78 Å². The van der Waals surface area contributed by atoms with E-state index in [0.29, 0.717) is 43.3 Å². The molecule has 1 aromatic carbocycles. The minimum absolute atomic E-state index is 0.200. The Hall–Kier alpha value is -2.51. The van der Waals surface area contributed by atoms with Gasteiger partial charge in [-0.1, -0.05) is 18.2 Å². The maximum atomic E-state index is 11.6. The van der Waals surface area contributed by atoms with Crippen molar-refractivity contribution in [2.24, 2.45) is 0 Å². The van der Waals surface area contributed by atoms with Crippen molar-refractivity contribution in [3.63, 3.8) is 0 Å². The lowest BCUT2D eigenvalue weighted by atomic mass is 10.1. The topological polar surface area (TPSA) is 95.5 Å². The Morgan fingerprint density at radius 2 is 2.25 bits per heavy atom. The van der Waals surface area contributed by atoms with Crippen molar-refractivity contribution in [2.45, 2.75) is 19.6 Å². The highest BCUT2D eigenvalue weighted by molar-refractivity contribution is 5.89. The van der Waals surface area contributed by atoms with E-state index in [0.717, 1.165) is 5.56 Å². The van der Waals surface area contributed by atoms with Gasteiger partial charge in [0.05, 0.1) is 12.2 Å². The SMILES string of the molecule is Cc1cc(=O)[nH]c([C@H]2CN(Cc3ccccc3C(=O)O)CCO2)n1. The van der Waals surface area contributed by atoms with Gasteiger partial charge in [-0.3, -0.25) is 9.69 Å². The summed E-state index contributed by atoms with van der Waals surface area (Å²) >= 11 is 0. The van der Waals surface area contributed by atoms with Crippen LogP contribution in [0.3, 0.4) is 0 Å². The molecule has 2 heterocycles. The number of aromatic carboxylic acids is 1. The molecule has 7 nitrogen and oxygen atoms in total. The molecule has 0 saturated carbocycles. The first kappa shape index (κ1) is 16.4. The predicted molar refractivity (Wildman–Crippen MR) is 87.0 cm³/mol. The van der Waals surface area contributed by atoms with Gasteiger partial charge >= 0.3 is 5.97 Å². The van der Waals surface area contributed by atoms with Crippen molar-refractivity contribution < 1.29 is 14.6 Å². The molecule has 0 unspecified atom stereocenters. The van der Waals surface area contributed by atoms with Gasteiger partial charge in [-0.15, -0.1) is 0 Å². The second kappa shape index (κ2) is 6.94. The van der Waals surface area contributed by atoms with Gasteiger partial charge in [0.2, 0.25) is 0 Å². The molecule has 3 rings (SSSR count). The standard InChI is InChI=1S/C17H19N3O4/c1-11-8-15(21)19-16(18-11)14-10-20(6-7-24-14)9-12-4-2-3-5-13(12)17(22)23/h2-5,8,14H,6-7,9-10H2,1H3,(H,22,23)(H,18,19,21)/t14-/m1/s1. The number of benzene rings is 1. The molecular formula is C17H19N3O4. The zero-order chi connectivity index (χ0) is 17.1. The summed E-state index contributed by atoms with van der Waals surface area (Å²) < 4.78 is 5.73. The average Bonchev–Trinajstić information content (AvgIpc) is 2.54. The largest absolute Gasteiger partial charge is 0.478 e. The van der Waals surface area contributed by atoms with Crippen LogP contribution in [0, 0.1) is 6.92 Å². The summed E-state index contributed by atoms with van der Waals surface area (Å²) in [6.07, 6.45) is -0.330. The van der Waals surface area contributed by atoms with E-state index in [4.69, 9.17) is 4.74 Å². The molecule has 0 aliphatic carbocycles. The molecule has 1 aromatic heterocycles. The average molecular weight is 329 g/mol. The quantitative estimate of drug-likeness (QED) is 0.879. The third kappa shape index (κ3) is 3.69. The summed E-state index contributed by atoms with van der Waals surface area (Å²) in [4.78, 5) is 32.1. The number of morpholine rings is 1. The van der Waals surface area contributed by atoms with Crippen molar-refractivity contribution in [2.75, 3.05) is 19.7 Å². The number of ether oxygens (including phenoxy) is 1. The van der Waals surface area contributed by atoms with Crippen LogP contribution in [-0.4, -0.2) is 45.6 Å². The molecule has 0 bridgehead atoms. The van der Waals surface area contributed by atoms with E-state index < -0.39 is 5.97 Å². The van der Waals surface area contributed by atoms with Crippen LogP contribution >= 0.6 is 0 Å². The summed E-state index contributed by atoms with van der Waals surface area (Å²) in [7, 11) is 0. The van der Waals surface area contributed by atoms with E-state index in [9.17, 15) is 14.7 Å². The number of carboxylic acid groups (broad SMARTS) is 1. The normalized spacial score (nSPS) is 18.5. The molecular weight excluding hydrogens is 310 g/mol. The fourth-order valence-corrected chi connectivity index (χ4v) is 2.87. The number of hydrogen-bond acceptors (Lipinski definition) is 5. The van der Waals surface area contributed by atoms with Crippen LogP contribution < -0.4 is 5.56 Å². The number of aromatic nitrogens is 2. The molecule has 0 spiro atoms. The number of aryl methyl sites for hydroxylation is 1. The molecule has 1 aliphatic heterocycles. The second-order valence-corrected chi connectivity index (χ2v) is 5.83. The van der Waals surface area contributed by atoms with E-state index in [2.05, 4.69) is 14.9 Å². The molecule has 1 aliphatic rings. The molecule has 0 amide bonds. The van der Waals surface area contributed by atoms with Gasteiger partial charge in [0.25, 0.3) is 5.56 Å². The van der Waals surface area contributed by atoms with Crippen LogP contribution in [0.15, 0.2) is 35.1 Å². The number of aromatic amines is 1. The summed E-state index contributed by atoms with van der Waals surface area (Å²) in [6, 6.07) is 8.42. The first-order chi connectivity index (χ1) is 11.5. The number of hydrogen-bond donors (Lipinski definition) is 2. The Labute approximate surface area is 138 Å². The minimum Gasteiger partial charge on any atom is -0.478 e. The van der Waals surface area contributed by atoms with Crippen molar-refractivity contribution in [3.8, 4) is 0 Å². The number of carbonyl (C=O) groups is 1. The van der Waals surface area contributed by atoms with Gasteiger partial charge in [-0.05, 0) is 18.6 Å². The lowest BCUT2D eigenvalue weighted by Gasteiger charge is -2.32. The monoisotopic (exact) mass is 329 g/mol. The molecule has 1 saturated heterocycles. The highest BCUT2D eigenvalue weighted by Crippen LogP contribution is 2.21. The van der Waals surface area contributed by atoms with Gasteiger partial charge in [0.1, 0.15) is 11.9 Å². The van der Waals surface area contributed by atoms with E-state index in [1.165, 1.54) is 6.07 Å². The highest BCUT2D eigenvalue weighted by atomic mass is 16.5. The lowest BCUT2D eigenvalue weighted by Crippen LogP contribution is -2.39. The maximum absolute atomic E-state index is 11.6. The smallest absolute Gasteiger partial charge is 0.336 e. The Morgan fingerprint density at radius 3 is 3.00 bits per heavy atom. The minimum atomic E-state index is -0.930. The van der Waals surface area contributed by atoms with Gasteiger partial charge in [-0.2, -0.15) is 0 Å². The summed E-state index contributed by atoms with van der Waals surface area (Å²) in [6.45, 7) is 4.01. The van der Waals surface area contributed by atoms with E-state index >= 15 is 0 Å². The number of carboxylic acids is 1. The van der Waals surface area contributed by atoms with Crippen LogP contribution in [0.4, 0.5) is 0 Å². The van der Waals surface area contributed by atoms with Crippen LogP contribution in [-0.2, 0) is 11.3 Å². The van der Waals surface area contributed by atoms with E-state index in [1.807, 2.05) is 12.1 Å². The Morgan fingerprint density at radius 1 is 1.46 bits per heavy atom. The number of nitrogens with zero attached hydrogens (tertiary/aromatic N) is 2. The van der Waals surface area contributed by atoms with Crippen molar-refractivity contribution in [3.05, 3.63) is 63.3 Å². The maximum Gasteiger partial charge on any atom is 0.336 e. The zero-order valence-corrected chi connectivity index (χ0v) is 13.4. The fourth-order valence-electron chi connectivity index (χ4n) is 2.87. The van der Waals surface area contributed by atoms with E-state index in [-0.39, 0.29) is 11.7 Å². The molecule has 1 fully saturated rings. The third-order valence-electron chi connectivity index (χ3n) is 3.99. The molecule has 1 atom stereocenters. The third-order valence-corrected chi connectivity index (χ3v) is 3.99. The Bertz CT molecular complexity index is 802. The van der Waals surface area contributed by atoms with Gasteiger partial charge in [0.15, 0.2) is 0 Å². The van der Waals surface area contributed by atoms with Crippen LogP contribution in [0.5, 0.6) is 0 Å². The van der Waals surface area contributed by atoms with Gasteiger partial charge in [0, 0.05) is 31.4 Å². The predicted octanol–water partition coefficient (Wildman–Crippen LogP) is 1.35. The molecule has 2 aromatic rings. The lowest BCUT2D eigenvalue weighted by molar-refractivity contribution is -0.0374. The van der Waals surface area contributed by atoms with Crippen molar-refractivity contribution >= 4 is 5.97 Å². The highest BCUT2D eigenvalue weighted by Gasteiger charge is 2.25. The van der Waals surface area contributed by atoms with Crippen molar-refractivity contribution in [1.82, 2.24) is 14.9 Å². The number of rotatable bonds is 4. The first-order valence-electron chi connectivity index (χ1n) is 7.76. The Balaban J connectivity index is 1.77. The van der Waals surface area contributed by atoms with Crippen LogP contribution in [0.2, 0.25) is 0 Å². The van der Waals surface area contributed by atoms with Crippen LogP contribution in [0.25, 0.3) is 0 Å². The fraction of sp³-hybridized carbons (Fsp3) is 0.353. The summed E-state index contributed by atoms with van der Waals surface area (Å²) in [5, 5.41) is 9.29. The van der Waals surface area contributed by atoms with Crippen molar-refractivity contribution in [1.29, 1.82) is 0 Å². The summed E-state index contributed by atoms with van der Waals surface area (Å²) in [5.74, 6) is -0.420. The number of H-pyrrole nitrogens is 1. The van der Waals surface area contributed by atoms with E-state index in [1.54, 1.807) is 19.1 Å². The molecule has 24 heavy (non-hydrogen) atoms. The number of nitrogens with one attached hydrogen (secondary N) is 1. The Kier molecular flexibility index (Phi) is 4.73. The molecule has 126 valence electrons. The molecule has 0 radical (unpaired) electrons. The zero-order valence-electron chi connectivity index (χ0n) is 13.4. The first-order valence-corrected chi connectivity index (χ1v) is 7.76. The second-order valence-electron chi connectivity index (χ2n) is 5.83. The summed E-state index contributed by atoms with van der Waals surface area (Å²) in [5.41, 5.74) is 1.51. The van der Waals surface area contributed by atoms with Gasteiger partial charge < -0.3 is 14.8 Å². The van der Waals surface area contributed by atoms with Crippen LogP contribution in [0.1, 0.15) is 33.5 Å². The molecule has 2 N–H and O–H groups in total.